The molecule has 148 valence electrons. The molecule has 4 aliphatic rings. The number of nitrogens with one attached hydrogen (secondary N) is 2. The summed E-state index contributed by atoms with van der Waals surface area (Å²) >= 11 is 12.2. The summed E-state index contributed by atoms with van der Waals surface area (Å²) in [5.41, 5.74) is 0.928. The highest BCUT2D eigenvalue weighted by atomic mass is 35.5. The lowest BCUT2D eigenvalue weighted by atomic mass is 9.53. The van der Waals surface area contributed by atoms with Crippen LogP contribution in [0.25, 0.3) is 0 Å². The van der Waals surface area contributed by atoms with Gasteiger partial charge in [-0.15, -0.1) is 0 Å². The van der Waals surface area contributed by atoms with Crippen LogP contribution in [-0.2, 0) is 6.54 Å². The van der Waals surface area contributed by atoms with E-state index in [0.29, 0.717) is 22.4 Å². The molecule has 4 fully saturated rings. The molecule has 0 spiro atoms. The highest BCUT2D eigenvalue weighted by Crippen LogP contribution is 2.55. The number of carbonyl (C=O) groups is 1. The first-order chi connectivity index (χ1) is 13.5. The van der Waals surface area contributed by atoms with Crippen LogP contribution in [0, 0.1) is 17.8 Å². The predicted molar refractivity (Wildman–Crippen MR) is 111 cm³/mol. The van der Waals surface area contributed by atoms with Crippen LogP contribution >= 0.6 is 23.2 Å². The summed E-state index contributed by atoms with van der Waals surface area (Å²) < 4.78 is 1.76. The summed E-state index contributed by atoms with van der Waals surface area (Å²) in [4.78, 5) is 12.6. The van der Waals surface area contributed by atoms with Crippen LogP contribution in [-0.4, -0.2) is 21.4 Å². The maximum atomic E-state index is 12.6. The molecular formula is C21H24Cl2N4O. The van der Waals surface area contributed by atoms with Crippen LogP contribution in [0.5, 0.6) is 0 Å². The van der Waals surface area contributed by atoms with Gasteiger partial charge in [0.15, 0.2) is 5.82 Å². The summed E-state index contributed by atoms with van der Waals surface area (Å²) in [5, 5.41) is 11.9. The molecule has 7 heteroatoms. The fourth-order valence-electron chi connectivity index (χ4n) is 5.99. The van der Waals surface area contributed by atoms with Crippen molar-refractivity contribution in [2.75, 3.05) is 5.32 Å². The van der Waals surface area contributed by atoms with Crippen molar-refractivity contribution in [1.82, 2.24) is 15.1 Å². The van der Waals surface area contributed by atoms with Crippen LogP contribution in [0.3, 0.4) is 0 Å². The van der Waals surface area contributed by atoms with Gasteiger partial charge >= 0.3 is 6.03 Å². The molecule has 2 amide bonds. The molecule has 4 aliphatic carbocycles. The van der Waals surface area contributed by atoms with Gasteiger partial charge in [0, 0.05) is 27.8 Å². The Morgan fingerprint density at radius 3 is 2.43 bits per heavy atom. The molecule has 1 aromatic carbocycles. The first kappa shape index (κ1) is 18.3. The third-order valence-electron chi connectivity index (χ3n) is 6.65. The van der Waals surface area contributed by atoms with Crippen LogP contribution in [0.2, 0.25) is 10.0 Å². The van der Waals surface area contributed by atoms with Crippen molar-refractivity contribution in [3.63, 3.8) is 0 Å². The summed E-state index contributed by atoms with van der Waals surface area (Å²) in [5.74, 6) is 2.95. The summed E-state index contributed by atoms with van der Waals surface area (Å²) in [6.07, 6.45) is 9.33. The zero-order valence-electron chi connectivity index (χ0n) is 15.6. The number of urea groups is 1. The number of anilines is 1. The second-order valence-corrected chi connectivity index (χ2v) is 9.75. The Kier molecular flexibility index (Phi) is 4.55. The van der Waals surface area contributed by atoms with Gasteiger partial charge in [-0.3, -0.25) is 10.00 Å². The molecule has 0 aliphatic heterocycles. The maximum absolute atomic E-state index is 12.6. The maximum Gasteiger partial charge on any atom is 0.320 e. The minimum Gasteiger partial charge on any atom is -0.332 e. The van der Waals surface area contributed by atoms with E-state index in [4.69, 9.17) is 23.2 Å². The van der Waals surface area contributed by atoms with E-state index in [-0.39, 0.29) is 11.6 Å². The molecule has 0 saturated heterocycles. The smallest absolute Gasteiger partial charge is 0.320 e. The number of hydrogen-bond donors (Lipinski definition) is 2. The minimum atomic E-state index is -0.142. The standard InChI is InChI=1S/C21H24Cl2N4O/c22-17-2-1-16(18(23)8-17)12-27-4-3-19(26-27)24-20(28)25-21-9-13-5-14(10-21)7-15(6-13)11-21/h1-4,8,13-15H,5-7,9-12H2,(H2,24,25,26,28). The second kappa shape index (κ2) is 6.96. The first-order valence-corrected chi connectivity index (χ1v) is 10.8. The number of hydrogen-bond acceptors (Lipinski definition) is 2. The number of halogens is 2. The molecule has 1 aromatic heterocycles. The molecule has 4 bridgehead atoms. The molecule has 6 rings (SSSR count). The van der Waals surface area contributed by atoms with Crippen LogP contribution < -0.4 is 10.6 Å². The minimum absolute atomic E-state index is 0.00175. The largest absolute Gasteiger partial charge is 0.332 e. The Morgan fingerprint density at radius 1 is 1.11 bits per heavy atom. The number of carbonyl (C=O) groups excluding carboxylic acids is 1. The predicted octanol–water partition coefficient (Wildman–Crippen LogP) is 5.33. The highest BCUT2D eigenvalue weighted by Gasteiger charge is 2.51. The van der Waals surface area contributed by atoms with E-state index < -0.39 is 0 Å². The molecule has 28 heavy (non-hydrogen) atoms. The number of benzene rings is 1. The average molecular weight is 419 g/mol. The third-order valence-corrected chi connectivity index (χ3v) is 7.23. The van der Waals surface area contributed by atoms with Crippen molar-refractivity contribution >= 4 is 35.1 Å². The van der Waals surface area contributed by atoms with E-state index in [1.165, 1.54) is 19.3 Å². The quantitative estimate of drug-likeness (QED) is 0.704. The van der Waals surface area contributed by atoms with Crippen molar-refractivity contribution in [2.24, 2.45) is 17.8 Å². The zero-order valence-corrected chi connectivity index (χ0v) is 17.1. The molecule has 0 radical (unpaired) electrons. The van der Waals surface area contributed by atoms with Gasteiger partial charge in [-0.05, 0) is 74.0 Å². The van der Waals surface area contributed by atoms with E-state index >= 15 is 0 Å². The van der Waals surface area contributed by atoms with Crippen LogP contribution in [0.4, 0.5) is 10.6 Å². The number of aromatic nitrogens is 2. The Morgan fingerprint density at radius 2 is 1.79 bits per heavy atom. The number of rotatable bonds is 4. The zero-order chi connectivity index (χ0) is 19.3. The van der Waals surface area contributed by atoms with E-state index in [1.54, 1.807) is 10.7 Å². The highest BCUT2D eigenvalue weighted by molar-refractivity contribution is 6.35. The van der Waals surface area contributed by atoms with E-state index in [2.05, 4.69) is 15.7 Å². The summed E-state index contributed by atoms with van der Waals surface area (Å²) in [7, 11) is 0. The monoisotopic (exact) mass is 418 g/mol. The van der Waals surface area contributed by atoms with Gasteiger partial charge in [0.2, 0.25) is 0 Å². The van der Waals surface area contributed by atoms with Gasteiger partial charge in [0.05, 0.1) is 6.54 Å². The Balaban J connectivity index is 1.22. The lowest BCUT2D eigenvalue weighted by Gasteiger charge is -2.56. The van der Waals surface area contributed by atoms with Gasteiger partial charge in [-0.25, -0.2) is 4.79 Å². The molecule has 0 unspecified atom stereocenters. The molecule has 2 N–H and O–H groups in total. The Labute approximate surface area is 174 Å². The number of nitrogens with zero attached hydrogens (tertiary/aromatic N) is 2. The molecule has 5 nitrogen and oxygen atoms in total. The summed E-state index contributed by atoms with van der Waals surface area (Å²) in [6, 6.07) is 7.09. The Hall–Kier alpha value is -1.72. The van der Waals surface area contributed by atoms with Gasteiger partial charge in [0.1, 0.15) is 0 Å². The summed E-state index contributed by atoms with van der Waals surface area (Å²) in [6.45, 7) is 0.522. The molecule has 4 saturated carbocycles. The SMILES string of the molecule is O=C(Nc1ccn(Cc2ccc(Cl)cc2Cl)n1)NC12CC3CC(CC(C3)C1)C2. The van der Waals surface area contributed by atoms with Gasteiger partial charge < -0.3 is 5.32 Å². The molecule has 1 heterocycles. The van der Waals surface area contributed by atoms with Crippen LogP contribution in [0.1, 0.15) is 44.1 Å². The fraction of sp³-hybridized carbons (Fsp3) is 0.524. The van der Waals surface area contributed by atoms with E-state index in [1.807, 2.05) is 24.4 Å². The van der Waals surface area contributed by atoms with Crippen molar-refractivity contribution in [2.45, 2.75) is 50.6 Å². The first-order valence-electron chi connectivity index (χ1n) is 10.0. The van der Waals surface area contributed by atoms with Crippen molar-refractivity contribution < 1.29 is 4.79 Å². The topological polar surface area (TPSA) is 59.0 Å². The van der Waals surface area contributed by atoms with E-state index in [0.717, 1.165) is 42.6 Å². The van der Waals surface area contributed by atoms with Gasteiger partial charge in [-0.2, -0.15) is 5.10 Å². The lowest BCUT2D eigenvalue weighted by Crippen LogP contribution is -2.60. The third kappa shape index (κ3) is 3.62. The van der Waals surface area contributed by atoms with Gasteiger partial charge in [0.25, 0.3) is 0 Å². The van der Waals surface area contributed by atoms with E-state index in [9.17, 15) is 4.79 Å². The fourth-order valence-corrected chi connectivity index (χ4v) is 6.46. The van der Waals surface area contributed by atoms with Crippen molar-refractivity contribution in [1.29, 1.82) is 0 Å². The molecule has 2 aromatic rings. The van der Waals surface area contributed by atoms with Crippen molar-refractivity contribution in [3.05, 3.63) is 46.1 Å². The Bertz CT molecular complexity index is 874. The van der Waals surface area contributed by atoms with Gasteiger partial charge in [-0.1, -0.05) is 29.3 Å². The lowest BCUT2D eigenvalue weighted by molar-refractivity contribution is -0.0127. The normalized spacial score (nSPS) is 30.4. The average Bonchev–Trinajstić information content (AvgIpc) is 3.02. The van der Waals surface area contributed by atoms with Crippen LogP contribution in [0.15, 0.2) is 30.5 Å². The number of amides is 2. The molecular weight excluding hydrogens is 395 g/mol. The van der Waals surface area contributed by atoms with Crippen molar-refractivity contribution in [3.8, 4) is 0 Å². The molecule has 0 atom stereocenters. The second-order valence-electron chi connectivity index (χ2n) is 8.91.